The molecular weight excluding hydrogens is 359 g/mol. The highest BCUT2D eigenvalue weighted by Gasteiger charge is 2.38. The quantitative estimate of drug-likeness (QED) is 0.815. The summed E-state index contributed by atoms with van der Waals surface area (Å²) in [5.41, 5.74) is 0.827. The highest BCUT2D eigenvalue weighted by molar-refractivity contribution is 9.10. The first-order chi connectivity index (χ1) is 9.60. The van der Waals surface area contributed by atoms with E-state index in [9.17, 15) is 9.18 Å². The monoisotopic (exact) mass is 376 g/mol. The Hall–Kier alpha value is -0.650. The van der Waals surface area contributed by atoms with E-state index >= 15 is 0 Å². The maximum absolute atomic E-state index is 13.5. The number of benzene rings is 1. The molecule has 116 valence electrons. The molecule has 6 heteroatoms. The van der Waals surface area contributed by atoms with E-state index < -0.39 is 0 Å². The molecule has 1 spiro atoms. The van der Waals surface area contributed by atoms with Gasteiger partial charge in [0.25, 0.3) is 5.91 Å². The molecule has 1 N–H and O–H groups in total. The van der Waals surface area contributed by atoms with E-state index in [-0.39, 0.29) is 24.1 Å². The maximum Gasteiger partial charge on any atom is 0.253 e. The SMILES string of the molecule is Cl.O=C(c1ccc(Br)c(F)c1)N1CCC2(CCNC2)CC1. The number of likely N-dealkylation sites (tertiary alicyclic amines) is 1. The van der Waals surface area contributed by atoms with Gasteiger partial charge in [0.2, 0.25) is 0 Å². The summed E-state index contributed by atoms with van der Waals surface area (Å²) in [4.78, 5) is 14.2. The second-order valence-corrected chi connectivity index (χ2v) is 6.70. The Bertz CT molecular complexity index is 524. The molecule has 2 aliphatic rings. The van der Waals surface area contributed by atoms with Gasteiger partial charge in [0, 0.05) is 25.2 Å². The Morgan fingerprint density at radius 2 is 2.00 bits per heavy atom. The summed E-state index contributed by atoms with van der Waals surface area (Å²) in [6.07, 6.45) is 3.30. The van der Waals surface area contributed by atoms with Gasteiger partial charge in [-0.05, 0) is 65.4 Å². The van der Waals surface area contributed by atoms with Crippen molar-refractivity contribution >= 4 is 34.2 Å². The maximum atomic E-state index is 13.5. The van der Waals surface area contributed by atoms with Gasteiger partial charge in [-0.2, -0.15) is 0 Å². The molecule has 3 rings (SSSR count). The number of rotatable bonds is 1. The lowest BCUT2D eigenvalue weighted by molar-refractivity contribution is 0.0607. The molecule has 0 atom stereocenters. The molecule has 0 unspecified atom stereocenters. The third-order valence-electron chi connectivity index (χ3n) is 4.61. The van der Waals surface area contributed by atoms with Crippen LogP contribution in [0.5, 0.6) is 0 Å². The van der Waals surface area contributed by atoms with Crippen molar-refractivity contribution in [1.29, 1.82) is 0 Å². The number of nitrogens with zero attached hydrogens (tertiary/aromatic N) is 1. The normalized spacial score (nSPS) is 20.4. The van der Waals surface area contributed by atoms with Gasteiger partial charge in [0.05, 0.1) is 4.47 Å². The summed E-state index contributed by atoms with van der Waals surface area (Å²) >= 11 is 3.11. The Balaban J connectivity index is 0.00000161. The van der Waals surface area contributed by atoms with E-state index in [0.29, 0.717) is 15.5 Å². The first-order valence-electron chi connectivity index (χ1n) is 7.05. The molecule has 0 saturated carbocycles. The lowest BCUT2D eigenvalue weighted by Crippen LogP contribution is -2.44. The van der Waals surface area contributed by atoms with Gasteiger partial charge >= 0.3 is 0 Å². The standard InChI is InChI=1S/C15H18BrFN2O.ClH/c16-12-2-1-11(9-13(12)17)14(20)19-7-4-15(5-8-19)3-6-18-10-15;/h1-2,9,18H,3-8,10H2;1H. The van der Waals surface area contributed by atoms with Gasteiger partial charge < -0.3 is 10.2 Å². The summed E-state index contributed by atoms with van der Waals surface area (Å²) in [5, 5.41) is 3.41. The van der Waals surface area contributed by atoms with Gasteiger partial charge in [0.15, 0.2) is 0 Å². The van der Waals surface area contributed by atoms with Gasteiger partial charge in [-0.3, -0.25) is 4.79 Å². The van der Waals surface area contributed by atoms with Crippen LogP contribution in [-0.4, -0.2) is 37.0 Å². The van der Waals surface area contributed by atoms with E-state index in [2.05, 4.69) is 21.2 Å². The smallest absolute Gasteiger partial charge is 0.253 e. The summed E-state index contributed by atoms with van der Waals surface area (Å²) in [7, 11) is 0. The molecule has 2 saturated heterocycles. The van der Waals surface area contributed by atoms with E-state index in [4.69, 9.17) is 0 Å². The van der Waals surface area contributed by atoms with Crippen LogP contribution in [0, 0.1) is 11.2 Å². The summed E-state index contributed by atoms with van der Waals surface area (Å²) in [5.74, 6) is -0.443. The van der Waals surface area contributed by atoms with Crippen LogP contribution in [0.2, 0.25) is 0 Å². The molecule has 2 aliphatic heterocycles. The van der Waals surface area contributed by atoms with Crippen molar-refractivity contribution in [2.45, 2.75) is 19.3 Å². The second-order valence-electron chi connectivity index (χ2n) is 5.85. The van der Waals surface area contributed by atoms with Gasteiger partial charge in [0.1, 0.15) is 5.82 Å². The number of hydrogen-bond acceptors (Lipinski definition) is 2. The average Bonchev–Trinajstić information content (AvgIpc) is 2.90. The average molecular weight is 378 g/mol. The van der Waals surface area contributed by atoms with E-state index in [1.54, 1.807) is 12.1 Å². The van der Waals surface area contributed by atoms with Crippen molar-refractivity contribution in [3.05, 3.63) is 34.1 Å². The van der Waals surface area contributed by atoms with Crippen LogP contribution in [0.15, 0.2) is 22.7 Å². The molecule has 21 heavy (non-hydrogen) atoms. The Morgan fingerprint density at radius 3 is 2.57 bits per heavy atom. The zero-order chi connectivity index (χ0) is 14.2. The van der Waals surface area contributed by atoms with Crippen LogP contribution in [0.1, 0.15) is 29.6 Å². The molecule has 2 fully saturated rings. The number of carbonyl (C=O) groups excluding carboxylic acids is 1. The van der Waals surface area contributed by atoms with Gasteiger partial charge in [-0.15, -0.1) is 12.4 Å². The number of piperidine rings is 1. The minimum atomic E-state index is -0.385. The fraction of sp³-hybridized carbons (Fsp3) is 0.533. The molecule has 0 aromatic heterocycles. The van der Waals surface area contributed by atoms with Crippen LogP contribution in [-0.2, 0) is 0 Å². The molecule has 2 heterocycles. The largest absolute Gasteiger partial charge is 0.339 e. The van der Waals surface area contributed by atoms with E-state index in [0.717, 1.165) is 39.0 Å². The van der Waals surface area contributed by atoms with Crippen molar-refractivity contribution in [2.75, 3.05) is 26.2 Å². The fourth-order valence-corrected chi connectivity index (χ4v) is 3.46. The number of carbonyl (C=O) groups is 1. The third kappa shape index (κ3) is 3.41. The van der Waals surface area contributed by atoms with Crippen molar-refractivity contribution in [2.24, 2.45) is 5.41 Å². The van der Waals surface area contributed by atoms with Crippen molar-refractivity contribution in [1.82, 2.24) is 10.2 Å². The van der Waals surface area contributed by atoms with Crippen LogP contribution < -0.4 is 5.32 Å². The number of halogens is 3. The summed E-state index contributed by atoms with van der Waals surface area (Å²) in [6, 6.07) is 4.58. The fourth-order valence-electron chi connectivity index (χ4n) is 3.22. The molecular formula is C15H19BrClFN2O. The van der Waals surface area contributed by atoms with Crippen LogP contribution in [0.3, 0.4) is 0 Å². The van der Waals surface area contributed by atoms with Crippen molar-refractivity contribution in [3.8, 4) is 0 Å². The predicted molar refractivity (Wildman–Crippen MR) is 86.4 cm³/mol. The first-order valence-corrected chi connectivity index (χ1v) is 7.84. The topological polar surface area (TPSA) is 32.3 Å². The third-order valence-corrected chi connectivity index (χ3v) is 5.25. The zero-order valence-corrected chi connectivity index (χ0v) is 14.1. The molecule has 0 bridgehead atoms. The van der Waals surface area contributed by atoms with E-state index in [1.165, 1.54) is 12.5 Å². The molecule has 1 aromatic carbocycles. The summed E-state index contributed by atoms with van der Waals surface area (Å²) < 4.78 is 13.9. The molecule has 0 aliphatic carbocycles. The number of hydrogen-bond donors (Lipinski definition) is 1. The molecule has 3 nitrogen and oxygen atoms in total. The Kier molecular flexibility index (Phi) is 5.28. The lowest BCUT2D eigenvalue weighted by Gasteiger charge is -2.38. The highest BCUT2D eigenvalue weighted by atomic mass is 79.9. The predicted octanol–water partition coefficient (Wildman–Crippen LogP) is 3.23. The van der Waals surface area contributed by atoms with Crippen LogP contribution in [0.4, 0.5) is 4.39 Å². The minimum absolute atomic E-state index is 0. The van der Waals surface area contributed by atoms with Gasteiger partial charge in [-0.25, -0.2) is 4.39 Å². The second kappa shape index (κ2) is 6.63. The summed E-state index contributed by atoms with van der Waals surface area (Å²) in [6.45, 7) is 3.71. The van der Waals surface area contributed by atoms with Crippen molar-refractivity contribution in [3.63, 3.8) is 0 Å². The molecule has 1 amide bonds. The highest BCUT2D eigenvalue weighted by Crippen LogP contribution is 2.37. The van der Waals surface area contributed by atoms with E-state index in [1.807, 2.05) is 4.90 Å². The Morgan fingerprint density at radius 1 is 1.29 bits per heavy atom. The van der Waals surface area contributed by atoms with Crippen LogP contribution in [0.25, 0.3) is 0 Å². The first kappa shape index (κ1) is 16.7. The van der Waals surface area contributed by atoms with Gasteiger partial charge in [-0.1, -0.05) is 0 Å². The Labute approximate surface area is 138 Å². The zero-order valence-electron chi connectivity index (χ0n) is 11.7. The minimum Gasteiger partial charge on any atom is -0.339 e. The number of amides is 1. The van der Waals surface area contributed by atoms with Crippen molar-refractivity contribution < 1.29 is 9.18 Å². The van der Waals surface area contributed by atoms with Crippen LogP contribution >= 0.6 is 28.3 Å². The number of nitrogens with one attached hydrogen (secondary N) is 1. The lowest BCUT2D eigenvalue weighted by atomic mass is 9.78. The molecule has 1 aromatic rings. The molecule has 0 radical (unpaired) electrons.